The van der Waals surface area contributed by atoms with Crippen LogP contribution in [0.4, 0.5) is 5.69 Å². The SMILES string of the molecule is C[C@]1(C(=O)NC(=O)[C@@]2(C)CCC[C@]3(C)c4cc(NC(=O)[C@@H](N)CO)ccc4CC[C@@H]23)CCCC2c3cc(O)ccc3CC[C@H]21. The molecule has 6 N–H and O–H groups in total. The van der Waals surface area contributed by atoms with Crippen molar-refractivity contribution in [2.75, 3.05) is 11.9 Å². The summed E-state index contributed by atoms with van der Waals surface area (Å²) < 4.78 is 0. The summed E-state index contributed by atoms with van der Waals surface area (Å²) >= 11 is 0. The number of carbonyl (C=O) groups is 3. The average Bonchev–Trinajstić information content (AvgIpc) is 3.00. The molecule has 1 unspecified atom stereocenters. The maximum atomic E-state index is 14.3. The summed E-state index contributed by atoms with van der Waals surface area (Å²) in [7, 11) is 0. The summed E-state index contributed by atoms with van der Waals surface area (Å²) in [4.78, 5) is 40.9. The molecule has 0 spiro atoms. The molecule has 236 valence electrons. The fourth-order valence-corrected chi connectivity index (χ4v) is 9.68. The van der Waals surface area contributed by atoms with E-state index in [0.29, 0.717) is 5.69 Å². The zero-order valence-corrected chi connectivity index (χ0v) is 26.2. The van der Waals surface area contributed by atoms with E-state index in [0.717, 1.165) is 75.3 Å². The number of benzene rings is 2. The summed E-state index contributed by atoms with van der Waals surface area (Å²) in [5.41, 5.74) is 9.48. The van der Waals surface area contributed by atoms with Gasteiger partial charge in [0.2, 0.25) is 17.7 Å². The average molecular weight is 602 g/mol. The topological polar surface area (TPSA) is 142 Å². The van der Waals surface area contributed by atoms with Crippen LogP contribution in [-0.4, -0.2) is 40.6 Å². The van der Waals surface area contributed by atoms with E-state index in [1.807, 2.05) is 38.1 Å². The number of anilines is 1. The number of aryl methyl sites for hydroxylation is 2. The first-order valence-corrected chi connectivity index (χ1v) is 16.4. The van der Waals surface area contributed by atoms with Gasteiger partial charge in [-0.2, -0.15) is 0 Å². The van der Waals surface area contributed by atoms with Crippen molar-refractivity contribution in [1.82, 2.24) is 5.32 Å². The highest BCUT2D eigenvalue weighted by Gasteiger charge is 2.56. The number of carbonyl (C=O) groups excluding carboxylic acids is 3. The van der Waals surface area contributed by atoms with E-state index in [9.17, 15) is 24.6 Å². The van der Waals surface area contributed by atoms with E-state index in [1.165, 1.54) is 11.1 Å². The fraction of sp³-hybridized carbons (Fsp3) is 0.583. The van der Waals surface area contributed by atoms with Gasteiger partial charge < -0.3 is 21.3 Å². The lowest BCUT2D eigenvalue weighted by atomic mass is 9.49. The molecule has 0 aromatic heterocycles. The Bertz CT molecular complexity index is 1490. The van der Waals surface area contributed by atoms with Gasteiger partial charge in [0.15, 0.2) is 0 Å². The van der Waals surface area contributed by atoms with Crippen LogP contribution in [0.15, 0.2) is 36.4 Å². The third kappa shape index (κ3) is 4.94. The Balaban J connectivity index is 1.23. The number of nitrogens with two attached hydrogens (primary N) is 1. The molecule has 0 bridgehead atoms. The van der Waals surface area contributed by atoms with Gasteiger partial charge in [0.05, 0.1) is 17.4 Å². The molecule has 44 heavy (non-hydrogen) atoms. The highest BCUT2D eigenvalue weighted by molar-refractivity contribution is 6.01. The van der Waals surface area contributed by atoms with E-state index >= 15 is 0 Å². The third-order valence-corrected chi connectivity index (χ3v) is 12.2. The molecule has 6 rings (SSSR count). The fourth-order valence-electron chi connectivity index (χ4n) is 9.68. The Morgan fingerprint density at radius 2 is 1.61 bits per heavy atom. The van der Waals surface area contributed by atoms with Gasteiger partial charge in [0, 0.05) is 5.69 Å². The van der Waals surface area contributed by atoms with Crippen LogP contribution in [0.1, 0.15) is 100 Å². The Morgan fingerprint density at radius 1 is 0.909 bits per heavy atom. The van der Waals surface area contributed by atoms with Gasteiger partial charge in [0.1, 0.15) is 11.8 Å². The lowest BCUT2D eigenvalue weighted by Crippen LogP contribution is -2.58. The molecular formula is C36H47N3O5. The quantitative estimate of drug-likeness (QED) is 0.311. The van der Waals surface area contributed by atoms with E-state index in [-0.39, 0.29) is 40.7 Å². The highest BCUT2D eigenvalue weighted by Crippen LogP contribution is 2.58. The van der Waals surface area contributed by atoms with Crippen molar-refractivity contribution in [3.05, 3.63) is 58.7 Å². The van der Waals surface area contributed by atoms with Crippen molar-refractivity contribution >= 4 is 23.4 Å². The number of hydrogen-bond acceptors (Lipinski definition) is 6. The molecule has 8 nitrogen and oxygen atoms in total. The molecule has 0 radical (unpaired) electrons. The van der Waals surface area contributed by atoms with E-state index in [2.05, 4.69) is 23.6 Å². The lowest BCUT2D eigenvalue weighted by molar-refractivity contribution is -0.149. The third-order valence-electron chi connectivity index (χ3n) is 12.2. The molecule has 4 aliphatic rings. The van der Waals surface area contributed by atoms with E-state index < -0.39 is 29.4 Å². The van der Waals surface area contributed by atoms with Crippen LogP contribution in [0.3, 0.4) is 0 Å². The summed E-state index contributed by atoms with van der Waals surface area (Å²) in [6.45, 7) is 5.89. The normalized spacial score (nSPS) is 33.1. The number of aliphatic hydroxyl groups is 1. The number of fused-ring (bicyclic) bond motifs is 6. The van der Waals surface area contributed by atoms with Crippen molar-refractivity contribution in [2.24, 2.45) is 28.4 Å². The molecule has 0 heterocycles. The molecule has 2 saturated carbocycles. The Morgan fingerprint density at radius 3 is 2.39 bits per heavy atom. The Hall–Kier alpha value is -3.23. The first-order valence-electron chi connectivity index (χ1n) is 16.4. The molecule has 3 amide bonds. The van der Waals surface area contributed by atoms with Crippen molar-refractivity contribution < 1.29 is 24.6 Å². The van der Waals surface area contributed by atoms with Gasteiger partial charge >= 0.3 is 0 Å². The Labute approximate surface area is 260 Å². The van der Waals surface area contributed by atoms with Crippen LogP contribution in [-0.2, 0) is 32.6 Å². The van der Waals surface area contributed by atoms with Crippen molar-refractivity contribution in [3.63, 3.8) is 0 Å². The second kappa shape index (κ2) is 11.3. The van der Waals surface area contributed by atoms with Crippen molar-refractivity contribution in [3.8, 4) is 5.75 Å². The number of nitrogens with one attached hydrogen (secondary N) is 2. The molecule has 2 fully saturated rings. The van der Waals surface area contributed by atoms with Crippen LogP contribution >= 0.6 is 0 Å². The van der Waals surface area contributed by atoms with Gasteiger partial charge in [-0.15, -0.1) is 0 Å². The maximum absolute atomic E-state index is 14.3. The number of aliphatic hydroxyl groups excluding tert-OH is 1. The maximum Gasteiger partial charge on any atom is 0.243 e. The number of hydrogen-bond donors (Lipinski definition) is 5. The van der Waals surface area contributed by atoms with Gasteiger partial charge in [-0.3, -0.25) is 19.7 Å². The van der Waals surface area contributed by atoms with Gasteiger partial charge in [-0.1, -0.05) is 45.7 Å². The molecule has 2 aromatic rings. The molecule has 7 atom stereocenters. The van der Waals surface area contributed by atoms with Crippen LogP contribution in [0.25, 0.3) is 0 Å². The minimum atomic E-state index is -0.995. The summed E-state index contributed by atoms with van der Waals surface area (Å²) in [5, 5.41) is 25.3. The second-order valence-corrected chi connectivity index (χ2v) is 14.7. The lowest BCUT2D eigenvalue weighted by Gasteiger charge is -2.55. The Kier molecular flexibility index (Phi) is 7.90. The van der Waals surface area contributed by atoms with Crippen molar-refractivity contribution in [1.29, 1.82) is 0 Å². The summed E-state index contributed by atoms with van der Waals surface area (Å²) in [5.74, 6) is -0.137. The van der Waals surface area contributed by atoms with Crippen LogP contribution < -0.4 is 16.4 Å². The number of imide groups is 1. The predicted octanol–water partition coefficient (Wildman–Crippen LogP) is 4.84. The second-order valence-electron chi connectivity index (χ2n) is 14.7. The minimum Gasteiger partial charge on any atom is -0.508 e. The van der Waals surface area contributed by atoms with Gasteiger partial charge in [0.25, 0.3) is 0 Å². The van der Waals surface area contributed by atoms with Crippen molar-refractivity contribution in [2.45, 2.75) is 102 Å². The summed E-state index contributed by atoms with van der Waals surface area (Å²) in [6.07, 6.45) is 8.60. The highest BCUT2D eigenvalue weighted by atomic mass is 16.3. The zero-order chi connectivity index (χ0) is 31.4. The zero-order valence-electron chi connectivity index (χ0n) is 26.2. The first-order chi connectivity index (χ1) is 20.9. The molecule has 0 saturated heterocycles. The minimum absolute atomic E-state index is 0.0335. The smallest absolute Gasteiger partial charge is 0.243 e. The molecule has 4 aliphatic carbocycles. The standard InChI is InChI=1S/C36H47N3O5/c1-34-16-5-17-36(3,30(34)14-10-22-7-11-23(18-28(22)34)38-31(42)29(37)20-40)33(44)39-32(43)35(2)15-4-6-25-26-19-24(41)12-8-21(26)9-13-27(25)35/h7-8,11-12,18-19,25,27,29-30,40-41H,4-6,9-10,13-17,20,37H2,1-3H3,(H,38,42)(H,39,43,44)/t25?,27-,29+,30-,34-,35+,36+/m1/s1. The first kappa shape index (κ1) is 30.8. The number of phenols is 1. The predicted molar refractivity (Wildman–Crippen MR) is 169 cm³/mol. The molecule has 0 aliphatic heterocycles. The number of aromatic hydroxyl groups is 1. The molecular weight excluding hydrogens is 554 g/mol. The molecule has 8 heteroatoms. The van der Waals surface area contributed by atoms with Gasteiger partial charge in [-0.05, 0) is 121 Å². The number of rotatable bonds is 5. The monoisotopic (exact) mass is 601 g/mol. The summed E-state index contributed by atoms with van der Waals surface area (Å²) in [6, 6.07) is 10.6. The largest absolute Gasteiger partial charge is 0.508 e. The van der Waals surface area contributed by atoms with E-state index in [1.54, 1.807) is 6.07 Å². The number of phenolic OH excluding ortho intramolecular Hbond substituents is 1. The van der Waals surface area contributed by atoms with E-state index in [4.69, 9.17) is 5.73 Å². The van der Waals surface area contributed by atoms with Crippen LogP contribution in [0.2, 0.25) is 0 Å². The number of amides is 3. The van der Waals surface area contributed by atoms with Gasteiger partial charge in [-0.25, -0.2) is 0 Å². The van der Waals surface area contributed by atoms with Crippen LogP contribution in [0.5, 0.6) is 5.75 Å². The van der Waals surface area contributed by atoms with Crippen LogP contribution in [0, 0.1) is 22.7 Å². The molecule has 2 aromatic carbocycles.